The average molecular weight is 247 g/mol. The molecule has 3 N–H and O–H groups in total. The van der Waals surface area contributed by atoms with E-state index in [0.29, 0.717) is 13.2 Å². The molecule has 5 nitrogen and oxygen atoms in total. The summed E-state index contributed by atoms with van der Waals surface area (Å²) in [6.07, 6.45) is 0.0716. The summed E-state index contributed by atoms with van der Waals surface area (Å²) in [5.41, 5.74) is 4.19. The number of aliphatic carboxylic acids is 1. The van der Waals surface area contributed by atoms with Crippen molar-refractivity contribution in [3.8, 4) is 0 Å². The first-order chi connectivity index (χ1) is 7.54. The van der Waals surface area contributed by atoms with E-state index in [2.05, 4.69) is 0 Å². The number of hydrogen-bond donors (Lipinski definition) is 2. The lowest BCUT2D eigenvalue weighted by Gasteiger charge is -2.24. The van der Waals surface area contributed by atoms with Crippen LogP contribution in [0, 0.1) is 0 Å². The van der Waals surface area contributed by atoms with Gasteiger partial charge in [-0.1, -0.05) is 0 Å². The Hall–Kier alpha value is -0.650. The van der Waals surface area contributed by atoms with Gasteiger partial charge in [-0.05, 0) is 34.6 Å². The molecule has 0 rings (SSSR count). The van der Waals surface area contributed by atoms with Crippen LogP contribution in [0.4, 0.5) is 0 Å². The normalized spacial score (nSPS) is 17.5. The van der Waals surface area contributed by atoms with Crippen LogP contribution in [0.2, 0.25) is 0 Å². The molecule has 0 aliphatic carbocycles. The molecule has 0 aromatic rings. The van der Waals surface area contributed by atoms with Gasteiger partial charge in [-0.3, -0.25) is 4.79 Å². The van der Waals surface area contributed by atoms with E-state index in [-0.39, 0.29) is 18.1 Å². The van der Waals surface area contributed by atoms with Crippen LogP contribution in [0.25, 0.3) is 0 Å². The highest BCUT2D eigenvalue weighted by atomic mass is 16.5. The Morgan fingerprint density at radius 1 is 1.29 bits per heavy atom. The van der Waals surface area contributed by atoms with Crippen LogP contribution in [-0.4, -0.2) is 41.5 Å². The highest BCUT2D eigenvalue weighted by molar-refractivity contribution is 5.77. The number of ether oxygens (including phenoxy) is 2. The van der Waals surface area contributed by atoms with Gasteiger partial charge in [-0.15, -0.1) is 0 Å². The van der Waals surface area contributed by atoms with Gasteiger partial charge in [0.25, 0.3) is 0 Å². The van der Waals surface area contributed by atoms with Crippen LogP contribution in [0.3, 0.4) is 0 Å². The quantitative estimate of drug-likeness (QED) is 0.664. The van der Waals surface area contributed by atoms with E-state index in [4.69, 9.17) is 20.3 Å². The van der Waals surface area contributed by atoms with Gasteiger partial charge in [0, 0.05) is 6.42 Å². The van der Waals surface area contributed by atoms with E-state index in [0.717, 1.165) is 0 Å². The molecule has 102 valence electrons. The van der Waals surface area contributed by atoms with Gasteiger partial charge in [0.05, 0.1) is 24.9 Å². The lowest BCUT2D eigenvalue weighted by atomic mass is 9.96. The number of carboxylic acids is 1. The number of nitrogens with two attached hydrogens (primary N) is 1. The van der Waals surface area contributed by atoms with Gasteiger partial charge in [-0.25, -0.2) is 0 Å². The SMILES string of the molecule is CC(CC(C)(N)C(=O)O)OCCOC(C)(C)C. The first-order valence-corrected chi connectivity index (χ1v) is 5.82. The first kappa shape index (κ1) is 16.4. The van der Waals surface area contributed by atoms with E-state index in [1.165, 1.54) is 6.92 Å². The molecule has 0 spiro atoms. The second kappa shape index (κ2) is 6.33. The third kappa shape index (κ3) is 8.12. The van der Waals surface area contributed by atoms with Crippen molar-refractivity contribution in [2.45, 2.75) is 58.3 Å². The summed E-state index contributed by atoms with van der Waals surface area (Å²) in [5.74, 6) is -1.01. The van der Waals surface area contributed by atoms with Crippen molar-refractivity contribution < 1.29 is 19.4 Å². The Labute approximate surface area is 103 Å². The van der Waals surface area contributed by atoms with Crippen LogP contribution in [0.1, 0.15) is 41.0 Å². The third-order valence-corrected chi connectivity index (χ3v) is 2.22. The molecule has 0 aromatic heterocycles. The highest BCUT2D eigenvalue weighted by Gasteiger charge is 2.30. The predicted molar refractivity (Wildman–Crippen MR) is 66.0 cm³/mol. The van der Waals surface area contributed by atoms with Gasteiger partial charge in [-0.2, -0.15) is 0 Å². The van der Waals surface area contributed by atoms with Crippen LogP contribution in [0.5, 0.6) is 0 Å². The summed E-state index contributed by atoms with van der Waals surface area (Å²) in [6, 6.07) is 0. The molecule has 0 saturated heterocycles. The van der Waals surface area contributed by atoms with Crippen molar-refractivity contribution in [2.24, 2.45) is 5.73 Å². The zero-order chi connectivity index (χ0) is 13.7. The molecule has 0 aromatic carbocycles. The monoisotopic (exact) mass is 247 g/mol. The number of hydrogen-bond acceptors (Lipinski definition) is 4. The summed E-state index contributed by atoms with van der Waals surface area (Å²) in [4.78, 5) is 10.8. The summed E-state index contributed by atoms with van der Waals surface area (Å²) >= 11 is 0. The van der Waals surface area contributed by atoms with Crippen molar-refractivity contribution in [1.29, 1.82) is 0 Å². The molecule has 0 amide bonds. The molecule has 0 bridgehead atoms. The minimum absolute atomic E-state index is 0.184. The number of carbonyl (C=O) groups is 1. The van der Waals surface area contributed by atoms with Crippen molar-refractivity contribution >= 4 is 5.97 Å². The third-order valence-electron chi connectivity index (χ3n) is 2.22. The van der Waals surface area contributed by atoms with Crippen LogP contribution >= 0.6 is 0 Å². The molecule has 0 fully saturated rings. The maximum absolute atomic E-state index is 10.8. The van der Waals surface area contributed by atoms with Crippen LogP contribution < -0.4 is 5.73 Å². The van der Waals surface area contributed by atoms with E-state index in [1.54, 1.807) is 0 Å². The average Bonchev–Trinajstić information content (AvgIpc) is 2.10. The maximum Gasteiger partial charge on any atom is 0.323 e. The number of rotatable bonds is 7. The Morgan fingerprint density at radius 3 is 2.24 bits per heavy atom. The van der Waals surface area contributed by atoms with Crippen molar-refractivity contribution in [3.63, 3.8) is 0 Å². The largest absolute Gasteiger partial charge is 0.480 e. The smallest absolute Gasteiger partial charge is 0.323 e. The fourth-order valence-electron chi connectivity index (χ4n) is 1.34. The Bertz CT molecular complexity index is 245. The predicted octanol–water partition coefficient (Wildman–Crippen LogP) is 1.40. The van der Waals surface area contributed by atoms with Crippen molar-refractivity contribution in [1.82, 2.24) is 0 Å². The lowest BCUT2D eigenvalue weighted by molar-refractivity contribution is -0.144. The Kier molecular flexibility index (Phi) is 6.09. The molecule has 0 aliphatic heterocycles. The van der Waals surface area contributed by atoms with Gasteiger partial charge in [0.15, 0.2) is 0 Å². The van der Waals surface area contributed by atoms with Gasteiger partial charge >= 0.3 is 5.97 Å². The fraction of sp³-hybridized carbons (Fsp3) is 0.917. The zero-order valence-electron chi connectivity index (χ0n) is 11.4. The fourth-order valence-corrected chi connectivity index (χ4v) is 1.34. The molecular weight excluding hydrogens is 222 g/mol. The van der Waals surface area contributed by atoms with E-state index in [1.807, 2.05) is 27.7 Å². The van der Waals surface area contributed by atoms with Gasteiger partial charge < -0.3 is 20.3 Å². The molecule has 2 atom stereocenters. The van der Waals surface area contributed by atoms with Gasteiger partial charge in [0.2, 0.25) is 0 Å². The zero-order valence-corrected chi connectivity index (χ0v) is 11.4. The van der Waals surface area contributed by atoms with Crippen LogP contribution in [-0.2, 0) is 14.3 Å². The summed E-state index contributed by atoms with van der Waals surface area (Å²) in [6.45, 7) is 10.1. The van der Waals surface area contributed by atoms with Crippen LogP contribution in [0.15, 0.2) is 0 Å². The lowest BCUT2D eigenvalue weighted by Crippen LogP contribution is -2.47. The minimum atomic E-state index is -1.25. The highest BCUT2D eigenvalue weighted by Crippen LogP contribution is 2.12. The maximum atomic E-state index is 10.8. The Morgan fingerprint density at radius 2 is 1.82 bits per heavy atom. The number of carboxylic acid groups (broad SMARTS) is 1. The van der Waals surface area contributed by atoms with Gasteiger partial charge in [0.1, 0.15) is 5.54 Å². The summed E-state index contributed by atoms with van der Waals surface area (Å²) in [5, 5.41) is 8.86. The second-order valence-corrected chi connectivity index (χ2v) is 5.57. The molecule has 0 saturated carbocycles. The molecule has 0 aliphatic rings. The molecule has 0 radical (unpaired) electrons. The first-order valence-electron chi connectivity index (χ1n) is 5.82. The topological polar surface area (TPSA) is 81.8 Å². The molecule has 17 heavy (non-hydrogen) atoms. The molecule has 2 unspecified atom stereocenters. The Balaban J connectivity index is 3.81. The second-order valence-electron chi connectivity index (χ2n) is 5.57. The van der Waals surface area contributed by atoms with Crippen molar-refractivity contribution in [3.05, 3.63) is 0 Å². The van der Waals surface area contributed by atoms with E-state index >= 15 is 0 Å². The standard InChI is InChI=1S/C12H25NO4/c1-9(8-12(5,13)10(14)15)16-6-7-17-11(2,3)4/h9H,6-8,13H2,1-5H3,(H,14,15). The molecular formula is C12H25NO4. The van der Waals surface area contributed by atoms with E-state index in [9.17, 15) is 4.79 Å². The molecule has 5 heteroatoms. The summed E-state index contributed by atoms with van der Waals surface area (Å²) in [7, 11) is 0. The summed E-state index contributed by atoms with van der Waals surface area (Å²) < 4.78 is 10.9. The minimum Gasteiger partial charge on any atom is -0.480 e. The van der Waals surface area contributed by atoms with Crippen molar-refractivity contribution in [2.75, 3.05) is 13.2 Å². The van der Waals surface area contributed by atoms with E-state index < -0.39 is 11.5 Å². The molecule has 0 heterocycles.